The van der Waals surface area contributed by atoms with Crippen LogP contribution in [-0.4, -0.2) is 5.66 Å². The predicted octanol–water partition coefficient (Wildman–Crippen LogP) is 3.41. The van der Waals surface area contributed by atoms with Crippen LogP contribution in [0.4, 0.5) is 0 Å². The van der Waals surface area contributed by atoms with E-state index in [1.165, 1.54) is 10.9 Å². The molecule has 0 saturated heterocycles. The molecule has 0 spiro atoms. The van der Waals surface area contributed by atoms with Crippen molar-refractivity contribution in [2.45, 2.75) is 45.7 Å². The van der Waals surface area contributed by atoms with Crippen molar-refractivity contribution in [1.29, 1.82) is 0 Å². The van der Waals surface area contributed by atoms with E-state index in [2.05, 4.69) is 20.8 Å². The van der Waals surface area contributed by atoms with Crippen LogP contribution in [0.25, 0.3) is 0 Å². The molecule has 0 amide bonds. The van der Waals surface area contributed by atoms with Crippen LogP contribution in [0.15, 0.2) is 10.9 Å². The molecule has 0 bridgehead atoms. The number of hydrogen-bond acceptors (Lipinski definition) is 1. The molecule has 0 aromatic carbocycles. The molecular formula is C9H17OP. The summed E-state index contributed by atoms with van der Waals surface area (Å²) in [4.78, 5) is 0. The van der Waals surface area contributed by atoms with Gasteiger partial charge < -0.3 is 4.57 Å². The van der Waals surface area contributed by atoms with Gasteiger partial charge in [-0.3, -0.25) is 0 Å². The smallest absolute Gasteiger partial charge is 0.107 e. The lowest BCUT2D eigenvalue weighted by molar-refractivity contribution is 0.574. The van der Waals surface area contributed by atoms with Gasteiger partial charge in [0.05, 0.1) is 0 Å². The normalized spacial score (nSPS) is 30.5. The maximum atomic E-state index is 11.5. The Bertz CT molecular complexity index is 206. The zero-order valence-corrected chi connectivity index (χ0v) is 8.61. The Morgan fingerprint density at radius 3 is 2.27 bits per heavy atom. The molecule has 0 saturated carbocycles. The first-order chi connectivity index (χ1) is 5.26. The fraction of sp³-hybridized carbons (Fsp3) is 0.778. The zero-order valence-electron chi connectivity index (χ0n) is 7.61. The minimum absolute atomic E-state index is 0.472. The molecule has 2 atom stereocenters. The van der Waals surface area contributed by atoms with Crippen molar-refractivity contribution in [2.24, 2.45) is 0 Å². The van der Waals surface area contributed by atoms with Crippen LogP contribution in [0.1, 0.15) is 40.0 Å². The molecule has 0 aliphatic carbocycles. The molecule has 1 nitrogen and oxygen atoms in total. The topological polar surface area (TPSA) is 17.1 Å². The Hall–Kier alpha value is -0.0300. The van der Waals surface area contributed by atoms with Crippen molar-refractivity contribution in [1.82, 2.24) is 0 Å². The molecule has 0 radical (unpaired) electrons. The van der Waals surface area contributed by atoms with E-state index in [9.17, 15) is 4.57 Å². The van der Waals surface area contributed by atoms with Gasteiger partial charge in [-0.05, 0) is 24.6 Å². The van der Waals surface area contributed by atoms with Gasteiger partial charge in [0.25, 0.3) is 0 Å². The van der Waals surface area contributed by atoms with E-state index < -0.39 is 7.80 Å². The highest BCUT2D eigenvalue weighted by Crippen LogP contribution is 2.57. The Morgan fingerprint density at radius 2 is 1.91 bits per heavy atom. The summed E-state index contributed by atoms with van der Waals surface area (Å²) in [6.07, 6.45) is 3.19. The molecular weight excluding hydrogens is 155 g/mol. The molecule has 1 rings (SSSR count). The molecule has 0 aromatic rings. The third-order valence-electron chi connectivity index (χ3n) is 2.56. The predicted molar refractivity (Wildman–Crippen MR) is 50.7 cm³/mol. The van der Waals surface area contributed by atoms with E-state index in [0.717, 1.165) is 19.3 Å². The Morgan fingerprint density at radius 1 is 1.27 bits per heavy atom. The Kier molecular flexibility index (Phi) is 2.95. The fourth-order valence-corrected chi connectivity index (χ4v) is 4.23. The Labute approximate surface area is 69.7 Å². The summed E-state index contributed by atoms with van der Waals surface area (Å²) in [5, 5.41) is 1.30. The third kappa shape index (κ3) is 1.31. The molecule has 1 aliphatic heterocycles. The van der Waals surface area contributed by atoms with Gasteiger partial charge >= 0.3 is 0 Å². The molecule has 2 unspecified atom stereocenters. The van der Waals surface area contributed by atoms with E-state index in [4.69, 9.17) is 0 Å². The van der Waals surface area contributed by atoms with E-state index in [0.29, 0.717) is 5.66 Å². The molecule has 11 heavy (non-hydrogen) atoms. The molecule has 0 N–H and O–H groups in total. The highest BCUT2D eigenvalue weighted by Gasteiger charge is 2.32. The van der Waals surface area contributed by atoms with Crippen molar-refractivity contribution < 1.29 is 4.57 Å². The molecule has 0 fully saturated rings. The monoisotopic (exact) mass is 172 g/mol. The minimum Gasteiger partial charge on any atom is -0.322 e. The fourth-order valence-electron chi connectivity index (χ4n) is 1.95. The summed E-state index contributed by atoms with van der Waals surface area (Å²) in [7, 11) is -1.30. The maximum Gasteiger partial charge on any atom is 0.107 e. The lowest BCUT2D eigenvalue weighted by Gasteiger charge is -2.31. The highest BCUT2D eigenvalue weighted by molar-refractivity contribution is 7.52. The quantitative estimate of drug-likeness (QED) is 0.596. The molecule has 1 heterocycles. The van der Waals surface area contributed by atoms with Crippen molar-refractivity contribution in [3.05, 3.63) is 10.9 Å². The minimum atomic E-state index is -1.30. The van der Waals surface area contributed by atoms with Crippen LogP contribution in [0.2, 0.25) is 0 Å². The standard InChI is InChI=1S/C9H17OP/c1-4-7-8(5-2)11(10)9(7)6-3/h8,11H,4-6H2,1-3H3. The summed E-state index contributed by atoms with van der Waals surface area (Å²) in [5.41, 5.74) is 1.97. The van der Waals surface area contributed by atoms with Crippen molar-refractivity contribution in [3.63, 3.8) is 0 Å². The van der Waals surface area contributed by atoms with Gasteiger partial charge in [-0.2, -0.15) is 0 Å². The van der Waals surface area contributed by atoms with Gasteiger partial charge in [-0.25, -0.2) is 0 Å². The van der Waals surface area contributed by atoms with Crippen LogP contribution in [0.3, 0.4) is 0 Å². The first-order valence-electron chi connectivity index (χ1n) is 4.52. The highest BCUT2D eigenvalue weighted by atomic mass is 31.1. The van der Waals surface area contributed by atoms with E-state index in [1.807, 2.05) is 0 Å². The SMILES string of the molecule is CCC1=C(CC)[PH](=O)C1CC. The van der Waals surface area contributed by atoms with Crippen LogP contribution in [-0.2, 0) is 4.57 Å². The number of hydrogen-bond donors (Lipinski definition) is 0. The second kappa shape index (κ2) is 3.58. The largest absolute Gasteiger partial charge is 0.322 e. The summed E-state index contributed by atoms with van der Waals surface area (Å²) >= 11 is 0. The summed E-state index contributed by atoms with van der Waals surface area (Å²) in [6, 6.07) is 0. The first kappa shape index (κ1) is 9.06. The van der Waals surface area contributed by atoms with Gasteiger partial charge in [0, 0.05) is 5.66 Å². The lowest BCUT2D eigenvalue weighted by Crippen LogP contribution is -2.16. The molecule has 2 heteroatoms. The van der Waals surface area contributed by atoms with Gasteiger partial charge in [0.15, 0.2) is 0 Å². The molecule has 1 aliphatic rings. The number of rotatable bonds is 3. The van der Waals surface area contributed by atoms with Gasteiger partial charge in [-0.1, -0.05) is 26.3 Å². The van der Waals surface area contributed by atoms with Crippen LogP contribution in [0, 0.1) is 0 Å². The van der Waals surface area contributed by atoms with Gasteiger partial charge in [-0.15, -0.1) is 0 Å². The van der Waals surface area contributed by atoms with Gasteiger partial charge in [0.2, 0.25) is 0 Å². The summed E-state index contributed by atoms with van der Waals surface area (Å²) in [5.74, 6) is 0. The summed E-state index contributed by atoms with van der Waals surface area (Å²) in [6.45, 7) is 6.41. The van der Waals surface area contributed by atoms with E-state index in [1.54, 1.807) is 0 Å². The maximum absolute atomic E-state index is 11.5. The van der Waals surface area contributed by atoms with Crippen LogP contribution >= 0.6 is 7.80 Å². The molecule has 64 valence electrons. The molecule has 0 aromatic heterocycles. The van der Waals surface area contributed by atoms with Crippen LogP contribution in [0.5, 0.6) is 0 Å². The Balaban J connectivity index is 2.80. The van der Waals surface area contributed by atoms with Gasteiger partial charge in [0.1, 0.15) is 7.80 Å². The van der Waals surface area contributed by atoms with E-state index in [-0.39, 0.29) is 0 Å². The van der Waals surface area contributed by atoms with Crippen molar-refractivity contribution >= 4 is 7.80 Å². The second-order valence-electron chi connectivity index (χ2n) is 3.04. The number of allylic oxidation sites excluding steroid dienone is 2. The third-order valence-corrected chi connectivity index (χ3v) is 5.22. The average molecular weight is 172 g/mol. The van der Waals surface area contributed by atoms with E-state index >= 15 is 0 Å². The van der Waals surface area contributed by atoms with Crippen molar-refractivity contribution in [3.8, 4) is 0 Å². The summed E-state index contributed by atoms with van der Waals surface area (Å²) < 4.78 is 11.5. The first-order valence-corrected chi connectivity index (χ1v) is 6.00. The van der Waals surface area contributed by atoms with Crippen LogP contribution < -0.4 is 0 Å². The van der Waals surface area contributed by atoms with Crippen molar-refractivity contribution in [2.75, 3.05) is 0 Å². The zero-order chi connectivity index (χ0) is 8.43. The average Bonchev–Trinajstić information content (AvgIpc) is 2.01. The second-order valence-corrected chi connectivity index (χ2v) is 5.06. The lowest BCUT2D eigenvalue weighted by atomic mass is 10.1.